The Labute approximate surface area is 61.2 Å². The molecule has 0 aromatic carbocycles. The molecule has 2 nitrogen and oxygen atoms in total. The van der Waals surface area contributed by atoms with Crippen molar-refractivity contribution in [2.75, 3.05) is 0 Å². The standard InChI is InChI=1S/C8H14O2/c1-2-3-6-4-7(9)8(10)5-6/h6-7,9H,2-5H2,1H3. The molecule has 0 bridgehead atoms. The second-order valence-corrected chi connectivity index (χ2v) is 3.08. The predicted octanol–water partition coefficient (Wildman–Crippen LogP) is 1.13. The lowest BCUT2D eigenvalue weighted by Gasteiger charge is -2.03. The first-order valence-corrected chi connectivity index (χ1v) is 3.94. The molecule has 0 radical (unpaired) electrons. The van der Waals surface area contributed by atoms with E-state index < -0.39 is 6.10 Å². The van der Waals surface area contributed by atoms with Gasteiger partial charge in [-0.15, -0.1) is 0 Å². The smallest absolute Gasteiger partial charge is 0.161 e. The fraction of sp³-hybridized carbons (Fsp3) is 0.875. The predicted molar refractivity (Wildman–Crippen MR) is 38.6 cm³/mol. The normalized spacial score (nSPS) is 33.2. The Kier molecular flexibility index (Phi) is 2.44. The van der Waals surface area contributed by atoms with Gasteiger partial charge >= 0.3 is 0 Å². The summed E-state index contributed by atoms with van der Waals surface area (Å²) in [4.78, 5) is 10.8. The van der Waals surface area contributed by atoms with Crippen molar-refractivity contribution in [2.24, 2.45) is 5.92 Å². The van der Waals surface area contributed by atoms with Crippen LogP contribution in [0.25, 0.3) is 0 Å². The minimum Gasteiger partial charge on any atom is -0.385 e. The van der Waals surface area contributed by atoms with E-state index in [1.54, 1.807) is 0 Å². The molecule has 0 amide bonds. The van der Waals surface area contributed by atoms with E-state index in [-0.39, 0.29) is 5.78 Å². The number of carbonyl (C=O) groups is 1. The highest BCUT2D eigenvalue weighted by molar-refractivity contribution is 5.85. The number of carbonyl (C=O) groups excluding carboxylic acids is 1. The Morgan fingerprint density at radius 3 is 2.80 bits per heavy atom. The largest absolute Gasteiger partial charge is 0.385 e. The first-order valence-electron chi connectivity index (χ1n) is 3.94. The quantitative estimate of drug-likeness (QED) is 0.627. The molecule has 0 aliphatic heterocycles. The summed E-state index contributed by atoms with van der Waals surface area (Å²) < 4.78 is 0. The second kappa shape index (κ2) is 3.15. The number of hydrogen-bond donors (Lipinski definition) is 1. The summed E-state index contributed by atoms with van der Waals surface area (Å²) in [7, 11) is 0. The number of aliphatic hydroxyl groups is 1. The van der Waals surface area contributed by atoms with Gasteiger partial charge in [0.2, 0.25) is 0 Å². The van der Waals surface area contributed by atoms with Crippen LogP contribution in [-0.2, 0) is 4.79 Å². The third kappa shape index (κ3) is 1.57. The van der Waals surface area contributed by atoms with Gasteiger partial charge in [0.05, 0.1) is 0 Å². The van der Waals surface area contributed by atoms with Gasteiger partial charge in [-0.1, -0.05) is 19.8 Å². The van der Waals surface area contributed by atoms with Gasteiger partial charge in [-0.3, -0.25) is 4.79 Å². The number of hydrogen-bond acceptors (Lipinski definition) is 2. The van der Waals surface area contributed by atoms with Crippen LogP contribution in [0.3, 0.4) is 0 Å². The van der Waals surface area contributed by atoms with Gasteiger partial charge in [0.25, 0.3) is 0 Å². The fourth-order valence-electron chi connectivity index (χ4n) is 1.58. The van der Waals surface area contributed by atoms with Crippen molar-refractivity contribution in [1.29, 1.82) is 0 Å². The molecule has 1 aliphatic carbocycles. The van der Waals surface area contributed by atoms with Gasteiger partial charge in [-0.2, -0.15) is 0 Å². The van der Waals surface area contributed by atoms with Crippen LogP contribution in [0.15, 0.2) is 0 Å². The van der Waals surface area contributed by atoms with Gasteiger partial charge < -0.3 is 5.11 Å². The summed E-state index contributed by atoms with van der Waals surface area (Å²) in [6.45, 7) is 2.11. The molecule has 0 heterocycles. The van der Waals surface area contributed by atoms with E-state index in [0.717, 1.165) is 12.8 Å². The van der Waals surface area contributed by atoms with Crippen LogP contribution < -0.4 is 0 Å². The first-order chi connectivity index (χ1) is 4.74. The Hall–Kier alpha value is -0.370. The lowest BCUT2D eigenvalue weighted by Crippen LogP contribution is -2.10. The maximum Gasteiger partial charge on any atom is 0.161 e. The molecule has 1 N–H and O–H groups in total. The maximum atomic E-state index is 10.8. The number of Topliss-reactive ketones (excluding diaryl/α,β-unsaturated/α-hetero) is 1. The van der Waals surface area contributed by atoms with Crippen molar-refractivity contribution in [3.63, 3.8) is 0 Å². The fourth-order valence-corrected chi connectivity index (χ4v) is 1.58. The molecule has 0 saturated heterocycles. The number of rotatable bonds is 2. The second-order valence-electron chi connectivity index (χ2n) is 3.08. The molecule has 0 aromatic rings. The molecular formula is C8H14O2. The summed E-state index contributed by atoms with van der Waals surface area (Å²) in [6, 6.07) is 0. The van der Waals surface area contributed by atoms with Crippen LogP contribution in [0.2, 0.25) is 0 Å². The topological polar surface area (TPSA) is 37.3 Å². The van der Waals surface area contributed by atoms with Crippen LogP contribution in [-0.4, -0.2) is 17.0 Å². The van der Waals surface area contributed by atoms with E-state index in [9.17, 15) is 4.79 Å². The number of aliphatic hydroxyl groups excluding tert-OH is 1. The highest BCUT2D eigenvalue weighted by Crippen LogP contribution is 2.26. The lowest BCUT2D eigenvalue weighted by atomic mass is 10.0. The van der Waals surface area contributed by atoms with E-state index in [1.807, 2.05) is 0 Å². The van der Waals surface area contributed by atoms with Gasteiger partial charge in [-0.25, -0.2) is 0 Å². The van der Waals surface area contributed by atoms with Crippen LogP contribution in [0, 0.1) is 5.92 Å². The Balaban J connectivity index is 2.34. The van der Waals surface area contributed by atoms with E-state index in [2.05, 4.69) is 6.92 Å². The minimum atomic E-state index is -0.642. The van der Waals surface area contributed by atoms with Gasteiger partial charge in [0, 0.05) is 6.42 Å². The van der Waals surface area contributed by atoms with E-state index in [4.69, 9.17) is 5.11 Å². The van der Waals surface area contributed by atoms with Crippen LogP contribution in [0.5, 0.6) is 0 Å². The zero-order valence-corrected chi connectivity index (χ0v) is 6.34. The summed E-state index contributed by atoms with van der Waals surface area (Å²) in [5.41, 5.74) is 0. The Morgan fingerprint density at radius 2 is 2.40 bits per heavy atom. The average molecular weight is 142 g/mol. The third-order valence-corrected chi connectivity index (χ3v) is 2.12. The molecule has 0 aromatic heterocycles. The van der Waals surface area contributed by atoms with Gasteiger partial charge in [-0.05, 0) is 12.3 Å². The molecule has 1 aliphatic rings. The minimum absolute atomic E-state index is 0.0402. The molecule has 1 rings (SSSR count). The number of ketones is 1. The van der Waals surface area contributed by atoms with E-state index >= 15 is 0 Å². The van der Waals surface area contributed by atoms with E-state index in [1.165, 1.54) is 0 Å². The molecular weight excluding hydrogens is 128 g/mol. The van der Waals surface area contributed by atoms with Crippen molar-refractivity contribution >= 4 is 5.78 Å². The lowest BCUT2D eigenvalue weighted by molar-refractivity contribution is -0.124. The molecule has 0 spiro atoms. The molecule has 10 heavy (non-hydrogen) atoms. The van der Waals surface area contributed by atoms with Crippen LogP contribution >= 0.6 is 0 Å². The highest BCUT2D eigenvalue weighted by atomic mass is 16.3. The molecule has 2 atom stereocenters. The first kappa shape index (κ1) is 7.73. The molecule has 1 saturated carbocycles. The molecule has 58 valence electrons. The summed E-state index contributed by atoms with van der Waals surface area (Å²) in [6.07, 6.45) is 2.87. The van der Waals surface area contributed by atoms with E-state index in [0.29, 0.717) is 18.8 Å². The summed E-state index contributed by atoms with van der Waals surface area (Å²) in [5, 5.41) is 9.05. The van der Waals surface area contributed by atoms with Gasteiger partial charge in [0.1, 0.15) is 6.10 Å². The Morgan fingerprint density at radius 1 is 1.70 bits per heavy atom. The maximum absolute atomic E-state index is 10.8. The monoisotopic (exact) mass is 142 g/mol. The average Bonchev–Trinajstić information content (AvgIpc) is 2.14. The SMILES string of the molecule is CCCC1CC(=O)C(O)C1. The zero-order chi connectivity index (χ0) is 7.56. The summed E-state index contributed by atoms with van der Waals surface area (Å²) in [5.74, 6) is 0.506. The van der Waals surface area contributed by atoms with Crippen molar-refractivity contribution in [3.8, 4) is 0 Å². The summed E-state index contributed by atoms with van der Waals surface area (Å²) >= 11 is 0. The molecule has 2 heteroatoms. The van der Waals surface area contributed by atoms with Gasteiger partial charge in [0.15, 0.2) is 5.78 Å². The van der Waals surface area contributed by atoms with Crippen molar-refractivity contribution in [1.82, 2.24) is 0 Å². The van der Waals surface area contributed by atoms with Crippen molar-refractivity contribution < 1.29 is 9.90 Å². The van der Waals surface area contributed by atoms with Crippen molar-refractivity contribution in [2.45, 2.75) is 38.7 Å². The Bertz CT molecular complexity index is 131. The highest BCUT2D eigenvalue weighted by Gasteiger charge is 2.29. The van der Waals surface area contributed by atoms with Crippen LogP contribution in [0.1, 0.15) is 32.6 Å². The van der Waals surface area contributed by atoms with Crippen molar-refractivity contribution in [3.05, 3.63) is 0 Å². The molecule has 2 unspecified atom stereocenters. The third-order valence-electron chi connectivity index (χ3n) is 2.12. The van der Waals surface area contributed by atoms with Crippen LogP contribution in [0.4, 0.5) is 0 Å². The molecule has 1 fully saturated rings. The zero-order valence-electron chi connectivity index (χ0n) is 6.34.